The van der Waals surface area contributed by atoms with Crippen molar-refractivity contribution in [3.63, 3.8) is 0 Å². The summed E-state index contributed by atoms with van der Waals surface area (Å²) in [5, 5.41) is 13.3. The summed E-state index contributed by atoms with van der Waals surface area (Å²) in [6.45, 7) is 7.67. The Morgan fingerprint density at radius 2 is 2.06 bits per heavy atom. The van der Waals surface area contributed by atoms with Crippen molar-refractivity contribution in [2.24, 2.45) is 5.92 Å². The van der Waals surface area contributed by atoms with Gasteiger partial charge in [-0.3, -0.25) is 4.98 Å². The van der Waals surface area contributed by atoms with Gasteiger partial charge >= 0.3 is 0 Å². The Balaban J connectivity index is 2.35. The summed E-state index contributed by atoms with van der Waals surface area (Å²) in [6, 6.07) is 4.00. The molecule has 1 aromatic heterocycles. The fourth-order valence-electron chi connectivity index (χ4n) is 2.04. The van der Waals surface area contributed by atoms with Gasteiger partial charge in [-0.1, -0.05) is 32.8 Å². The lowest BCUT2D eigenvalue weighted by Gasteiger charge is -2.20. The van der Waals surface area contributed by atoms with Crippen LogP contribution in [0, 0.1) is 12.8 Å². The standard InChI is InChI=1S/C14H24N2O/c1-4-12(5-2)14(17)10-15-9-13-11(3)7-6-8-16-13/h6-8,12,14-15,17H,4-5,9-10H2,1-3H3. The first kappa shape index (κ1) is 14.1. The molecule has 0 bridgehead atoms. The zero-order chi connectivity index (χ0) is 12.7. The van der Waals surface area contributed by atoms with Crippen molar-refractivity contribution in [1.29, 1.82) is 0 Å². The average molecular weight is 236 g/mol. The van der Waals surface area contributed by atoms with Crippen molar-refractivity contribution in [3.05, 3.63) is 29.6 Å². The van der Waals surface area contributed by atoms with Crippen molar-refractivity contribution >= 4 is 0 Å². The predicted molar refractivity (Wildman–Crippen MR) is 70.8 cm³/mol. The van der Waals surface area contributed by atoms with Crippen molar-refractivity contribution < 1.29 is 5.11 Å². The van der Waals surface area contributed by atoms with Crippen LogP contribution in [0.4, 0.5) is 0 Å². The van der Waals surface area contributed by atoms with Crippen LogP contribution in [0.2, 0.25) is 0 Å². The molecule has 96 valence electrons. The van der Waals surface area contributed by atoms with Gasteiger partial charge in [-0.15, -0.1) is 0 Å². The van der Waals surface area contributed by atoms with E-state index in [4.69, 9.17) is 0 Å². The molecular formula is C14H24N2O. The first-order valence-corrected chi connectivity index (χ1v) is 6.48. The highest BCUT2D eigenvalue weighted by atomic mass is 16.3. The molecule has 1 atom stereocenters. The largest absolute Gasteiger partial charge is 0.392 e. The van der Waals surface area contributed by atoms with E-state index in [9.17, 15) is 5.11 Å². The maximum Gasteiger partial charge on any atom is 0.0692 e. The fraction of sp³-hybridized carbons (Fsp3) is 0.643. The molecule has 0 amide bonds. The topological polar surface area (TPSA) is 45.1 Å². The Kier molecular flexibility index (Phi) is 6.16. The fourth-order valence-corrected chi connectivity index (χ4v) is 2.04. The van der Waals surface area contributed by atoms with E-state index in [1.54, 1.807) is 6.20 Å². The number of nitrogens with zero attached hydrogens (tertiary/aromatic N) is 1. The van der Waals surface area contributed by atoms with Gasteiger partial charge in [0.25, 0.3) is 0 Å². The van der Waals surface area contributed by atoms with Gasteiger partial charge < -0.3 is 10.4 Å². The molecule has 0 spiro atoms. The zero-order valence-corrected chi connectivity index (χ0v) is 11.1. The monoisotopic (exact) mass is 236 g/mol. The van der Waals surface area contributed by atoms with E-state index in [0.29, 0.717) is 12.5 Å². The maximum absolute atomic E-state index is 9.97. The lowest BCUT2D eigenvalue weighted by Crippen LogP contribution is -2.32. The van der Waals surface area contributed by atoms with Crippen LogP contribution in [0.5, 0.6) is 0 Å². The number of aliphatic hydroxyl groups is 1. The van der Waals surface area contributed by atoms with E-state index in [1.807, 2.05) is 6.07 Å². The minimum absolute atomic E-state index is 0.256. The quantitative estimate of drug-likeness (QED) is 0.763. The second kappa shape index (κ2) is 7.41. The van der Waals surface area contributed by atoms with Gasteiger partial charge in [-0.05, 0) is 24.5 Å². The summed E-state index contributed by atoms with van der Waals surface area (Å²) in [6.07, 6.45) is 3.61. The average Bonchev–Trinajstić information content (AvgIpc) is 2.33. The van der Waals surface area contributed by atoms with Crippen molar-refractivity contribution in [2.75, 3.05) is 6.54 Å². The van der Waals surface area contributed by atoms with E-state index in [0.717, 1.165) is 25.1 Å². The molecule has 0 saturated heterocycles. The normalized spacial score (nSPS) is 13.0. The minimum atomic E-state index is -0.256. The van der Waals surface area contributed by atoms with Gasteiger partial charge in [-0.2, -0.15) is 0 Å². The van der Waals surface area contributed by atoms with Crippen LogP contribution in [0.15, 0.2) is 18.3 Å². The lowest BCUT2D eigenvalue weighted by atomic mass is 9.96. The molecule has 1 unspecified atom stereocenters. The summed E-state index contributed by atoms with van der Waals surface area (Å²) in [4.78, 5) is 4.32. The molecule has 0 saturated carbocycles. The SMILES string of the molecule is CCC(CC)C(O)CNCc1ncccc1C. The Labute approximate surface area is 104 Å². The molecular weight excluding hydrogens is 212 g/mol. The molecule has 0 radical (unpaired) electrons. The molecule has 3 heteroatoms. The van der Waals surface area contributed by atoms with Crippen LogP contribution < -0.4 is 5.32 Å². The number of rotatable bonds is 7. The smallest absolute Gasteiger partial charge is 0.0692 e. The number of pyridine rings is 1. The summed E-state index contributed by atoms with van der Waals surface area (Å²) in [5.41, 5.74) is 2.25. The highest BCUT2D eigenvalue weighted by molar-refractivity contribution is 5.17. The highest BCUT2D eigenvalue weighted by Gasteiger charge is 2.14. The molecule has 0 aliphatic carbocycles. The van der Waals surface area contributed by atoms with Crippen LogP contribution in [0.1, 0.15) is 37.9 Å². The minimum Gasteiger partial charge on any atom is -0.392 e. The van der Waals surface area contributed by atoms with E-state index in [1.165, 1.54) is 5.56 Å². The van der Waals surface area contributed by atoms with E-state index in [2.05, 4.69) is 37.1 Å². The Morgan fingerprint density at radius 1 is 1.35 bits per heavy atom. The molecule has 3 nitrogen and oxygen atoms in total. The number of aliphatic hydroxyl groups excluding tert-OH is 1. The molecule has 1 rings (SSSR count). The van der Waals surface area contributed by atoms with E-state index < -0.39 is 0 Å². The molecule has 0 aliphatic rings. The Bertz CT molecular complexity index is 324. The molecule has 2 N–H and O–H groups in total. The Hall–Kier alpha value is -0.930. The molecule has 0 aliphatic heterocycles. The first-order chi connectivity index (χ1) is 8.19. The number of aryl methyl sites for hydroxylation is 1. The van der Waals surface area contributed by atoms with Gasteiger partial charge in [0.2, 0.25) is 0 Å². The van der Waals surface area contributed by atoms with Gasteiger partial charge in [0.05, 0.1) is 11.8 Å². The van der Waals surface area contributed by atoms with Gasteiger partial charge in [0.15, 0.2) is 0 Å². The third kappa shape index (κ3) is 4.44. The number of hydrogen-bond acceptors (Lipinski definition) is 3. The van der Waals surface area contributed by atoms with Crippen LogP contribution in [0.3, 0.4) is 0 Å². The van der Waals surface area contributed by atoms with Gasteiger partial charge in [0, 0.05) is 19.3 Å². The number of hydrogen-bond donors (Lipinski definition) is 2. The summed E-state index contributed by atoms with van der Waals surface area (Å²) in [5.74, 6) is 0.396. The summed E-state index contributed by atoms with van der Waals surface area (Å²) >= 11 is 0. The highest BCUT2D eigenvalue weighted by Crippen LogP contribution is 2.12. The maximum atomic E-state index is 9.97. The van der Waals surface area contributed by atoms with Crippen LogP contribution >= 0.6 is 0 Å². The van der Waals surface area contributed by atoms with Crippen molar-refractivity contribution in [2.45, 2.75) is 46.3 Å². The summed E-state index contributed by atoms with van der Waals surface area (Å²) < 4.78 is 0. The number of nitrogens with one attached hydrogen (secondary N) is 1. The van der Waals surface area contributed by atoms with Crippen LogP contribution in [-0.4, -0.2) is 22.7 Å². The van der Waals surface area contributed by atoms with Crippen molar-refractivity contribution in [3.8, 4) is 0 Å². The Morgan fingerprint density at radius 3 is 2.65 bits per heavy atom. The molecule has 0 fully saturated rings. The molecule has 17 heavy (non-hydrogen) atoms. The third-order valence-corrected chi connectivity index (χ3v) is 3.36. The zero-order valence-electron chi connectivity index (χ0n) is 11.1. The van der Waals surface area contributed by atoms with E-state index >= 15 is 0 Å². The molecule has 1 heterocycles. The lowest BCUT2D eigenvalue weighted by molar-refractivity contribution is 0.101. The number of aromatic nitrogens is 1. The van der Waals surface area contributed by atoms with Gasteiger partial charge in [0.1, 0.15) is 0 Å². The molecule has 0 aromatic carbocycles. The third-order valence-electron chi connectivity index (χ3n) is 3.36. The predicted octanol–water partition coefficient (Wildman–Crippen LogP) is 2.28. The van der Waals surface area contributed by atoms with Crippen LogP contribution in [-0.2, 0) is 6.54 Å². The van der Waals surface area contributed by atoms with Crippen molar-refractivity contribution in [1.82, 2.24) is 10.3 Å². The summed E-state index contributed by atoms with van der Waals surface area (Å²) in [7, 11) is 0. The van der Waals surface area contributed by atoms with Crippen LogP contribution in [0.25, 0.3) is 0 Å². The second-order valence-corrected chi connectivity index (χ2v) is 4.54. The van der Waals surface area contributed by atoms with Gasteiger partial charge in [-0.25, -0.2) is 0 Å². The second-order valence-electron chi connectivity index (χ2n) is 4.54. The molecule has 1 aromatic rings. The van der Waals surface area contributed by atoms with E-state index in [-0.39, 0.29) is 6.10 Å². The first-order valence-electron chi connectivity index (χ1n) is 6.48.